The summed E-state index contributed by atoms with van der Waals surface area (Å²) in [7, 11) is 1.64. The number of aromatic nitrogens is 3. The number of anilines is 1. The molecule has 2 N–H and O–H groups in total. The van der Waals surface area contributed by atoms with E-state index < -0.39 is 5.25 Å². The first-order valence-electron chi connectivity index (χ1n) is 9.90. The molecule has 2 atom stereocenters. The van der Waals surface area contributed by atoms with E-state index >= 15 is 0 Å². The van der Waals surface area contributed by atoms with E-state index in [9.17, 15) is 4.79 Å². The van der Waals surface area contributed by atoms with Gasteiger partial charge in [0.15, 0.2) is 5.82 Å². The number of aryl methyl sites for hydroxylation is 2. The van der Waals surface area contributed by atoms with Gasteiger partial charge in [-0.05, 0) is 48.7 Å². The Hall–Kier alpha value is -3.00. The van der Waals surface area contributed by atoms with Gasteiger partial charge in [0, 0.05) is 12.1 Å². The predicted molar refractivity (Wildman–Crippen MR) is 119 cm³/mol. The maximum atomic E-state index is 13.4. The molecule has 2 aromatic carbocycles. The van der Waals surface area contributed by atoms with Gasteiger partial charge in [-0.3, -0.25) is 4.79 Å². The number of benzene rings is 2. The van der Waals surface area contributed by atoms with Crippen molar-refractivity contribution in [3.63, 3.8) is 0 Å². The van der Waals surface area contributed by atoms with Gasteiger partial charge < -0.3 is 15.5 Å². The summed E-state index contributed by atoms with van der Waals surface area (Å²) in [5.41, 5.74) is 7.49. The van der Waals surface area contributed by atoms with Crippen molar-refractivity contribution in [1.29, 1.82) is 0 Å². The Kier molecular flexibility index (Phi) is 5.67. The van der Waals surface area contributed by atoms with E-state index in [4.69, 9.17) is 4.74 Å². The van der Waals surface area contributed by atoms with Crippen molar-refractivity contribution in [1.82, 2.24) is 14.9 Å². The standard InChI is InChI=1S/C22H25N5O2S/c1-5-18-24-25-22-27(18)26-19(15-9-11-16(29-4)12-10-15)20(30-22)21(28)23-17-8-6-7-13(2)14(17)3/h6-12,19-20,26H,5H2,1-4H3,(H,23,28)/t19-,20+/m1/s1. The lowest BCUT2D eigenvalue weighted by Gasteiger charge is -2.33. The molecule has 0 aliphatic carbocycles. The molecule has 30 heavy (non-hydrogen) atoms. The molecule has 156 valence electrons. The van der Waals surface area contributed by atoms with Crippen molar-refractivity contribution in [2.45, 2.75) is 43.6 Å². The number of nitrogens with zero attached hydrogens (tertiary/aromatic N) is 3. The van der Waals surface area contributed by atoms with E-state index in [1.165, 1.54) is 11.8 Å². The highest BCUT2D eigenvalue weighted by Gasteiger charge is 2.37. The highest BCUT2D eigenvalue weighted by molar-refractivity contribution is 8.00. The van der Waals surface area contributed by atoms with Crippen LogP contribution in [-0.2, 0) is 11.2 Å². The molecule has 0 saturated heterocycles. The van der Waals surface area contributed by atoms with Crippen LogP contribution < -0.4 is 15.5 Å². The smallest absolute Gasteiger partial charge is 0.240 e. The Morgan fingerprint density at radius 3 is 2.67 bits per heavy atom. The van der Waals surface area contributed by atoms with Gasteiger partial charge in [-0.25, -0.2) is 4.68 Å². The molecule has 1 aliphatic heterocycles. The molecule has 0 unspecified atom stereocenters. The Morgan fingerprint density at radius 2 is 1.97 bits per heavy atom. The van der Waals surface area contributed by atoms with Crippen LogP contribution in [0.15, 0.2) is 47.6 Å². The maximum absolute atomic E-state index is 13.4. The number of hydrogen-bond donors (Lipinski definition) is 2. The van der Waals surface area contributed by atoms with Gasteiger partial charge in [-0.1, -0.05) is 43.0 Å². The van der Waals surface area contributed by atoms with E-state index in [0.717, 1.165) is 40.4 Å². The lowest BCUT2D eigenvalue weighted by atomic mass is 10.0. The Morgan fingerprint density at radius 1 is 1.20 bits per heavy atom. The molecule has 8 heteroatoms. The quantitative estimate of drug-likeness (QED) is 0.649. The van der Waals surface area contributed by atoms with E-state index in [1.807, 2.05) is 67.9 Å². The maximum Gasteiger partial charge on any atom is 0.240 e. The first-order valence-corrected chi connectivity index (χ1v) is 10.8. The molecular weight excluding hydrogens is 398 g/mol. The number of nitrogens with one attached hydrogen (secondary N) is 2. The third-order valence-corrected chi connectivity index (χ3v) is 6.63. The van der Waals surface area contributed by atoms with Crippen molar-refractivity contribution < 1.29 is 9.53 Å². The number of ether oxygens (including phenoxy) is 1. The van der Waals surface area contributed by atoms with E-state index in [2.05, 4.69) is 20.9 Å². The molecule has 3 aromatic rings. The second-order valence-corrected chi connectivity index (χ2v) is 8.35. The fourth-order valence-corrected chi connectivity index (χ4v) is 4.58. The van der Waals surface area contributed by atoms with Crippen LogP contribution in [0.5, 0.6) is 5.75 Å². The molecule has 1 amide bonds. The normalized spacial score (nSPS) is 17.7. The number of methoxy groups -OCH3 is 1. The zero-order valence-corrected chi connectivity index (χ0v) is 18.3. The van der Waals surface area contributed by atoms with Crippen LogP contribution in [0.1, 0.15) is 35.5 Å². The van der Waals surface area contributed by atoms with E-state index in [1.54, 1.807) is 7.11 Å². The third kappa shape index (κ3) is 3.75. The number of fused-ring (bicyclic) bond motifs is 1. The molecule has 0 spiro atoms. The van der Waals surface area contributed by atoms with Crippen LogP contribution in [0.2, 0.25) is 0 Å². The molecule has 1 aromatic heterocycles. The molecule has 0 bridgehead atoms. The van der Waals surface area contributed by atoms with Crippen molar-refractivity contribution >= 4 is 23.4 Å². The molecule has 2 heterocycles. The van der Waals surface area contributed by atoms with Crippen LogP contribution in [0.4, 0.5) is 5.69 Å². The summed E-state index contributed by atoms with van der Waals surface area (Å²) in [6.45, 7) is 6.09. The summed E-state index contributed by atoms with van der Waals surface area (Å²) in [5.74, 6) is 1.54. The number of carbonyl (C=O) groups is 1. The fraction of sp³-hybridized carbons (Fsp3) is 0.318. The highest BCUT2D eigenvalue weighted by Crippen LogP contribution is 2.38. The van der Waals surface area contributed by atoms with Gasteiger partial charge in [0.2, 0.25) is 11.1 Å². The van der Waals surface area contributed by atoms with Crippen LogP contribution in [0, 0.1) is 13.8 Å². The summed E-state index contributed by atoms with van der Waals surface area (Å²) < 4.78 is 7.17. The number of amides is 1. The average Bonchev–Trinajstić information content (AvgIpc) is 3.18. The van der Waals surface area contributed by atoms with Crippen LogP contribution in [-0.4, -0.2) is 33.1 Å². The Balaban J connectivity index is 1.68. The minimum Gasteiger partial charge on any atom is -0.497 e. The lowest BCUT2D eigenvalue weighted by Crippen LogP contribution is -2.41. The summed E-state index contributed by atoms with van der Waals surface area (Å²) >= 11 is 1.43. The summed E-state index contributed by atoms with van der Waals surface area (Å²) in [6, 6.07) is 13.5. The number of rotatable bonds is 5. The minimum absolute atomic E-state index is 0.0747. The molecule has 0 radical (unpaired) electrons. The average molecular weight is 424 g/mol. The van der Waals surface area contributed by atoms with Crippen molar-refractivity contribution in [3.05, 3.63) is 65.0 Å². The monoisotopic (exact) mass is 423 g/mol. The van der Waals surface area contributed by atoms with Crippen LogP contribution in [0.25, 0.3) is 0 Å². The molecule has 0 saturated carbocycles. The zero-order chi connectivity index (χ0) is 21.3. The zero-order valence-electron chi connectivity index (χ0n) is 17.5. The molecule has 1 aliphatic rings. The number of hydrogen-bond acceptors (Lipinski definition) is 6. The molecule has 7 nitrogen and oxygen atoms in total. The SMILES string of the molecule is CCc1nnc2n1N[C@H](c1ccc(OC)cc1)[C@@H](C(=O)Nc1cccc(C)c1C)S2. The second kappa shape index (κ2) is 8.39. The van der Waals surface area contributed by atoms with Gasteiger partial charge in [-0.2, -0.15) is 0 Å². The number of thioether (sulfide) groups is 1. The minimum atomic E-state index is -0.417. The molecule has 0 fully saturated rings. The van der Waals surface area contributed by atoms with E-state index in [-0.39, 0.29) is 11.9 Å². The second-order valence-electron chi connectivity index (χ2n) is 7.24. The van der Waals surface area contributed by atoms with E-state index in [0.29, 0.717) is 5.16 Å². The van der Waals surface area contributed by atoms with Crippen molar-refractivity contribution in [3.8, 4) is 5.75 Å². The summed E-state index contributed by atoms with van der Waals surface area (Å²) in [5, 5.41) is 11.9. The highest BCUT2D eigenvalue weighted by atomic mass is 32.2. The predicted octanol–water partition coefficient (Wildman–Crippen LogP) is 3.86. The van der Waals surface area contributed by atoms with Crippen LogP contribution >= 0.6 is 11.8 Å². The first kappa shape index (κ1) is 20.3. The van der Waals surface area contributed by atoms with Crippen molar-refractivity contribution in [2.75, 3.05) is 17.9 Å². The molecular formula is C22H25N5O2S. The third-order valence-electron chi connectivity index (χ3n) is 5.42. The van der Waals surface area contributed by atoms with Crippen molar-refractivity contribution in [2.24, 2.45) is 0 Å². The van der Waals surface area contributed by atoms with Crippen LogP contribution in [0.3, 0.4) is 0 Å². The lowest BCUT2D eigenvalue weighted by molar-refractivity contribution is -0.116. The Bertz CT molecular complexity index is 1060. The fourth-order valence-electron chi connectivity index (χ4n) is 3.48. The number of carbonyl (C=O) groups excluding carboxylic acids is 1. The Labute approximate surface area is 180 Å². The molecule has 4 rings (SSSR count). The van der Waals surface area contributed by atoms with Gasteiger partial charge in [0.25, 0.3) is 0 Å². The van der Waals surface area contributed by atoms with Gasteiger partial charge in [-0.15, -0.1) is 10.2 Å². The topological polar surface area (TPSA) is 81.1 Å². The summed E-state index contributed by atoms with van der Waals surface area (Å²) in [4.78, 5) is 13.4. The van der Waals surface area contributed by atoms with Gasteiger partial charge in [0.05, 0.1) is 13.2 Å². The first-order chi connectivity index (χ1) is 14.5. The van der Waals surface area contributed by atoms with Gasteiger partial charge in [0.1, 0.15) is 11.0 Å². The largest absolute Gasteiger partial charge is 0.497 e. The summed E-state index contributed by atoms with van der Waals surface area (Å²) in [6.07, 6.45) is 0.745. The van der Waals surface area contributed by atoms with Gasteiger partial charge >= 0.3 is 0 Å².